The molecule has 2 amide bonds. The number of nitrogens with one attached hydrogen (secondary N) is 1. The molecular formula is C29H31Cl2FN2O5. The van der Waals surface area contributed by atoms with Crippen molar-refractivity contribution >= 4 is 40.9 Å². The number of carbonyl (C=O) groups is 2. The second-order valence-electron chi connectivity index (χ2n) is 8.75. The molecule has 3 rings (SSSR count). The molecule has 0 aromatic heterocycles. The molecule has 10 heteroatoms. The Bertz CT molecular complexity index is 1230. The molecule has 0 spiro atoms. The van der Waals surface area contributed by atoms with Crippen molar-refractivity contribution in [1.82, 2.24) is 4.90 Å². The molecule has 3 aromatic rings. The van der Waals surface area contributed by atoms with Gasteiger partial charge in [-0.3, -0.25) is 0 Å². The Morgan fingerprint density at radius 1 is 1.00 bits per heavy atom. The highest BCUT2D eigenvalue weighted by molar-refractivity contribution is 6.36. The average Bonchev–Trinajstić information content (AvgIpc) is 2.91. The largest absolute Gasteiger partial charge is 0.492 e. The van der Waals surface area contributed by atoms with E-state index in [0.29, 0.717) is 54.0 Å². The van der Waals surface area contributed by atoms with Crippen LogP contribution in [0.2, 0.25) is 10.0 Å². The van der Waals surface area contributed by atoms with Crippen molar-refractivity contribution in [3.8, 4) is 5.75 Å². The number of amides is 2. The number of aryl methyl sites for hydroxylation is 1. The zero-order chi connectivity index (χ0) is 28.2. The van der Waals surface area contributed by atoms with Crippen LogP contribution in [0.4, 0.5) is 14.9 Å². The Hall–Kier alpha value is -3.33. The molecule has 0 bridgehead atoms. The third-order valence-corrected chi connectivity index (χ3v) is 6.43. The minimum atomic E-state index is -1.00. The van der Waals surface area contributed by atoms with Gasteiger partial charge in [-0.25, -0.2) is 14.0 Å². The van der Waals surface area contributed by atoms with Crippen molar-refractivity contribution in [3.63, 3.8) is 0 Å². The molecule has 0 heterocycles. The van der Waals surface area contributed by atoms with E-state index in [1.807, 2.05) is 0 Å². The topological polar surface area (TPSA) is 88.1 Å². The summed E-state index contributed by atoms with van der Waals surface area (Å²) in [7, 11) is 0. The monoisotopic (exact) mass is 576 g/mol. The van der Waals surface area contributed by atoms with Crippen molar-refractivity contribution in [2.75, 3.05) is 31.6 Å². The lowest BCUT2D eigenvalue weighted by molar-refractivity contribution is -0.149. The average molecular weight is 577 g/mol. The standard InChI is InChI=1S/C29H31Cl2FN2O5/c1-2-38-27(28(35)36)18-21-7-12-24(13-8-21)39-17-16-34(15-3-4-20-5-10-23(32)11-6-20)29(37)33-26-14-9-22(30)19-25(26)31/h5-14,19,27H,2-4,15-18H2,1H3,(H,33,37)(H,35,36). The minimum Gasteiger partial charge on any atom is -0.492 e. The molecule has 1 atom stereocenters. The Morgan fingerprint density at radius 2 is 1.69 bits per heavy atom. The number of benzene rings is 3. The van der Waals surface area contributed by atoms with Gasteiger partial charge >= 0.3 is 12.0 Å². The highest BCUT2D eigenvalue weighted by atomic mass is 35.5. The molecule has 0 aliphatic carbocycles. The number of halogens is 3. The molecular weight excluding hydrogens is 546 g/mol. The van der Waals surface area contributed by atoms with E-state index in [-0.39, 0.29) is 24.9 Å². The van der Waals surface area contributed by atoms with Crippen LogP contribution < -0.4 is 10.1 Å². The van der Waals surface area contributed by atoms with Crippen LogP contribution in [0.25, 0.3) is 0 Å². The lowest BCUT2D eigenvalue weighted by Gasteiger charge is -2.24. The van der Waals surface area contributed by atoms with Gasteiger partial charge in [-0.2, -0.15) is 0 Å². The Labute approximate surface area is 237 Å². The molecule has 0 aliphatic heterocycles. The van der Waals surface area contributed by atoms with Gasteiger partial charge in [-0.15, -0.1) is 0 Å². The van der Waals surface area contributed by atoms with Crippen LogP contribution in [0, 0.1) is 5.82 Å². The fraction of sp³-hybridized carbons (Fsp3) is 0.310. The maximum atomic E-state index is 13.2. The Balaban J connectivity index is 1.58. The predicted molar refractivity (Wildman–Crippen MR) is 150 cm³/mol. The zero-order valence-corrected chi connectivity index (χ0v) is 23.1. The molecule has 7 nitrogen and oxygen atoms in total. The number of carboxylic acid groups (broad SMARTS) is 1. The number of nitrogens with zero attached hydrogens (tertiary/aromatic N) is 1. The summed E-state index contributed by atoms with van der Waals surface area (Å²) in [6.07, 6.45) is 0.677. The van der Waals surface area contributed by atoms with Crippen molar-refractivity contribution in [2.24, 2.45) is 0 Å². The summed E-state index contributed by atoms with van der Waals surface area (Å²) in [6, 6.07) is 17.9. The zero-order valence-electron chi connectivity index (χ0n) is 21.5. The fourth-order valence-corrected chi connectivity index (χ4v) is 4.31. The van der Waals surface area contributed by atoms with Crippen LogP contribution in [-0.4, -0.2) is 54.4 Å². The van der Waals surface area contributed by atoms with Gasteiger partial charge in [-0.1, -0.05) is 47.5 Å². The first-order valence-electron chi connectivity index (χ1n) is 12.6. The minimum absolute atomic E-state index is 0.231. The first-order valence-corrected chi connectivity index (χ1v) is 13.3. The van der Waals surface area contributed by atoms with Crippen molar-refractivity contribution in [2.45, 2.75) is 32.3 Å². The molecule has 2 N–H and O–H groups in total. The Kier molecular flexibility index (Phi) is 11.9. The van der Waals surface area contributed by atoms with Crippen LogP contribution in [0.5, 0.6) is 5.75 Å². The molecule has 0 aliphatic rings. The van der Waals surface area contributed by atoms with E-state index in [9.17, 15) is 19.1 Å². The summed E-state index contributed by atoms with van der Waals surface area (Å²) >= 11 is 12.2. The van der Waals surface area contributed by atoms with Crippen LogP contribution in [0.15, 0.2) is 66.7 Å². The van der Waals surface area contributed by atoms with Crippen molar-refractivity contribution in [3.05, 3.63) is 93.7 Å². The molecule has 0 fully saturated rings. The van der Waals surface area contributed by atoms with Gasteiger partial charge in [-0.05, 0) is 73.4 Å². The van der Waals surface area contributed by atoms with Gasteiger partial charge in [0.1, 0.15) is 18.2 Å². The summed E-state index contributed by atoms with van der Waals surface area (Å²) in [5.74, 6) is -0.704. The van der Waals surface area contributed by atoms with Gasteiger partial charge in [0, 0.05) is 24.6 Å². The van der Waals surface area contributed by atoms with E-state index < -0.39 is 12.1 Å². The van der Waals surface area contributed by atoms with Gasteiger partial charge < -0.3 is 24.8 Å². The van der Waals surface area contributed by atoms with Crippen LogP contribution in [0.1, 0.15) is 24.5 Å². The number of carboxylic acids is 1. The van der Waals surface area contributed by atoms with E-state index in [0.717, 1.165) is 11.1 Å². The maximum Gasteiger partial charge on any atom is 0.333 e. The molecule has 208 valence electrons. The first-order chi connectivity index (χ1) is 18.7. The third kappa shape index (κ3) is 10.1. The molecule has 0 saturated heterocycles. The van der Waals surface area contributed by atoms with E-state index in [4.69, 9.17) is 32.7 Å². The maximum absolute atomic E-state index is 13.2. The van der Waals surface area contributed by atoms with Gasteiger partial charge in [0.25, 0.3) is 0 Å². The molecule has 39 heavy (non-hydrogen) atoms. The van der Waals surface area contributed by atoms with Crippen molar-refractivity contribution < 1.29 is 28.6 Å². The van der Waals surface area contributed by atoms with Gasteiger partial charge in [0.15, 0.2) is 6.10 Å². The smallest absolute Gasteiger partial charge is 0.333 e. The number of aliphatic carboxylic acids is 1. The summed E-state index contributed by atoms with van der Waals surface area (Å²) in [5.41, 5.74) is 2.23. The summed E-state index contributed by atoms with van der Waals surface area (Å²) in [6.45, 7) is 3.03. The second kappa shape index (κ2) is 15.3. The lowest BCUT2D eigenvalue weighted by Crippen LogP contribution is -2.38. The van der Waals surface area contributed by atoms with Gasteiger partial charge in [0.05, 0.1) is 17.3 Å². The van der Waals surface area contributed by atoms with E-state index in [2.05, 4.69) is 5.32 Å². The molecule has 3 aromatic carbocycles. The summed E-state index contributed by atoms with van der Waals surface area (Å²) in [5, 5.41) is 12.9. The number of hydrogen-bond acceptors (Lipinski definition) is 4. The number of urea groups is 1. The number of anilines is 1. The summed E-state index contributed by atoms with van der Waals surface area (Å²) < 4.78 is 24.3. The highest BCUT2D eigenvalue weighted by Gasteiger charge is 2.18. The van der Waals surface area contributed by atoms with E-state index in [1.165, 1.54) is 12.1 Å². The lowest BCUT2D eigenvalue weighted by atomic mass is 10.1. The quantitative estimate of drug-likeness (QED) is 0.222. The van der Waals surface area contributed by atoms with E-state index in [1.54, 1.807) is 66.4 Å². The number of rotatable bonds is 14. The number of ether oxygens (including phenoxy) is 2. The normalized spacial score (nSPS) is 11.6. The number of carbonyl (C=O) groups excluding carboxylic acids is 1. The van der Waals surface area contributed by atoms with Gasteiger partial charge in [0.2, 0.25) is 0 Å². The fourth-order valence-electron chi connectivity index (χ4n) is 3.85. The first kappa shape index (κ1) is 30.2. The van der Waals surface area contributed by atoms with Crippen LogP contribution in [0.3, 0.4) is 0 Å². The third-order valence-electron chi connectivity index (χ3n) is 5.88. The van der Waals surface area contributed by atoms with Crippen LogP contribution in [-0.2, 0) is 22.4 Å². The SMILES string of the molecule is CCOC(Cc1ccc(OCCN(CCCc2ccc(F)cc2)C(=O)Nc2ccc(Cl)cc2Cl)cc1)C(=O)O. The van der Waals surface area contributed by atoms with Crippen molar-refractivity contribution in [1.29, 1.82) is 0 Å². The molecule has 0 radical (unpaired) electrons. The number of hydrogen-bond donors (Lipinski definition) is 2. The second-order valence-corrected chi connectivity index (χ2v) is 9.59. The molecule has 1 unspecified atom stereocenters. The predicted octanol–water partition coefficient (Wildman–Crippen LogP) is 6.71. The van der Waals surface area contributed by atoms with E-state index >= 15 is 0 Å². The summed E-state index contributed by atoms with van der Waals surface area (Å²) in [4.78, 5) is 26.0. The Morgan fingerprint density at radius 3 is 2.33 bits per heavy atom. The highest BCUT2D eigenvalue weighted by Crippen LogP contribution is 2.25. The van der Waals surface area contributed by atoms with Crippen LogP contribution >= 0.6 is 23.2 Å². The molecule has 0 saturated carbocycles.